The van der Waals surface area contributed by atoms with Gasteiger partial charge in [0.05, 0.1) is 6.54 Å². The summed E-state index contributed by atoms with van der Waals surface area (Å²) in [5, 5.41) is 9.08. The van der Waals surface area contributed by atoms with Gasteiger partial charge in [-0.05, 0) is 6.42 Å². The molecule has 1 aliphatic rings. The number of nitrogens with zero attached hydrogens (tertiary/aromatic N) is 3. The van der Waals surface area contributed by atoms with E-state index >= 15 is 0 Å². The summed E-state index contributed by atoms with van der Waals surface area (Å²) in [7, 11) is 1.91. The van der Waals surface area contributed by atoms with Crippen LogP contribution in [0, 0.1) is 0 Å². The minimum atomic E-state index is 0.640. The van der Waals surface area contributed by atoms with E-state index in [-0.39, 0.29) is 0 Å². The Morgan fingerprint density at radius 2 is 2.57 bits per heavy atom. The molecule has 4 nitrogen and oxygen atoms in total. The Morgan fingerprint density at radius 3 is 3.14 bits per heavy atom. The van der Waals surface area contributed by atoms with Crippen molar-refractivity contribution in [3.05, 3.63) is 12.3 Å². The second-order valence-electron chi connectivity index (χ2n) is 3.29. The van der Waals surface area contributed by atoms with Crippen molar-refractivity contribution in [1.29, 1.82) is 0 Å². The Balaban J connectivity index is 1.93. The molecule has 0 bridgehead atoms. The highest BCUT2D eigenvalue weighted by molar-refractivity contribution is 8.15. The molecular weight excluding hydrogens is 196 g/mol. The van der Waals surface area contributed by atoms with Gasteiger partial charge < -0.3 is 5.32 Å². The quantitative estimate of drug-likeness (QED) is 0.808. The molecule has 0 spiro atoms. The number of hydrogen-bond donors (Lipinski definition) is 1. The minimum Gasteiger partial charge on any atom is -0.318 e. The first kappa shape index (κ1) is 9.58. The molecular formula is C9H14N4S. The topological polar surface area (TPSA) is 42.2 Å². The van der Waals surface area contributed by atoms with Gasteiger partial charge in [0, 0.05) is 24.6 Å². The fraction of sp³-hybridized carbons (Fsp3) is 0.556. The Labute approximate surface area is 87.8 Å². The lowest BCUT2D eigenvalue weighted by atomic mass is 10.3. The van der Waals surface area contributed by atoms with Crippen LogP contribution in [-0.2, 0) is 7.05 Å². The summed E-state index contributed by atoms with van der Waals surface area (Å²) in [5.74, 6) is 0.871. The maximum Gasteiger partial charge on any atom is 0.162 e. The molecule has 0 amide bonds. The highest BCUT2D eigenvalue weighted by Crippen LogP contribution is 2.23. The van der Waals surface area contributed by atoms with Gasteiger partial charge in [-0.25, -0.2) is 0 Å². The van der Waals surface area contributed by atoms with E-state index < -0.39 is 0 Å². The molecule has 1 atom stereocenters. The van der Waals surface area contributed by atoms with E-state index in [1.165, 1.54) is 6.42 Å². The monoisotopic (exact) mass is 210 g/mol. The zero-order valence-electron chi connectivity index (χ0n) is 8.40. The normalized spacial score (nSPS) is 21.0. The third-order valence-corrected chi connectivity index (χ3v) is 3.39. The van der Waals surface area contributed by atoms with Gasteiger partial charge in [0.15, 0.2) is 11.0 Å². The second-order valence-corrected chi connectivity index (χ2v) is 4.58. The van der Waals surface area contributed by atoms with E-state index in [4.69, 9.17) is 0 Å². The number of hydrogen-bond acceptors (Lipinski definition) is 4. The third kappa shape index (κ3) is 2.09. The maximum atomic E-state index is 4.41. The highest BCUT2D eigenvalue weighted by Gasteiger charge is 2.17. The van der Waals surface area contributed by atoms with Crippen LogP contribution in [0.2, 0.25) is 0 Å². The predicted octanol–water partition coefficient (Wildman–Crippen LogP) is 1.71. The molecule has 1 aromatic heterocycles. The van der Waals surface area contributed by atoms with Gasteiger partial charge in [-0.1, -0.05) is 18.7 Å². The van der Waals surface area contributed by atoms with Crippen LogP contribution in [0.3, 0.4) is 0 Å². The average Bonchev–Trinajstić information content (AvgIpc) is 2.76. The molecule has 2 heterocycles. The summed E-state index contributed by atoms with van der Waals surface area (Å²) >= 11 is 1.80. The molecule has 5 heteroatoms. The van der Waals surface area contributed by atoms with Gasteiger partial charge in [-0.3, -0.25) is 9.67 Å². The zero-order chi connectivity index (χ0) is 9.97. The lowest BCUT2D eigenvalue weighted by molar-refractivity contribution is 0.771. The lowest BCUT2D eigenvalue weighted by Crippen LogP contribution is -2.07. The van der Waals surface area contributed by atoms with Crippen molar-refractivity contribution in [3.63, 3.8) is 0 Å². The standard InChI is InChI=1S/C9H14N4S/c1-3-7-6-10-9(14-7)11-8-4-5-13(2)12-8/h4-5,7H,3,6H2,1-2H3,(H,10,11,12). The van der Waals surface area contributed by atoms with Crippen LogP contribution in [0.15, 0.2) is 17.3 Å². The highest BCUT2D eigenvalue weighted by atomic mass is 32.2. The largest absolute Gasteiger partial charge is 0.318 e. The number of aromatic nitrogens is 2. The Hall–Kier alpha value is -0.970. The van der Waals surface area contributed by atoms with Crippen LogP contribution in [0.4, 0.5) is 5.82 Å². The van der Waals surface area contributed by atoms with Gasteiger partial charge >= 0.3 is 0 Å². The summed E-state index contributed by atoms with van der Waals surface area (Å²) in [6.07, 6.45) is 3.08. The van der Waals surface area contributed by atoms with E-state index in [9.17, 15) is 0 Å². The van der Waals surface area contributed by atoms with Crippen molar-refractivity contribution in [2.24, 2.45) is 12.0 Å². The number of aliphatic imine (C=N–C) groups is 1. The molecule has 0 aromatic carbocycles. The molecule has 0 saturated carbocycles. The first-order chi connectivity index (χ1) is 6.78. The predicted molar refractivity (Wildman–Crippen MR) is 60.8 cm³/mol. The summed E-state index contributed by atoms with van der Waals surface area (Å²) in [5.41, 5.74) is 0. The Bertz CT molecular complexity index is 344. The van der Waals surface area contributed by atoms with Crippen molar-refractivity contribution in [3.8, 4) is 0 Å². The third-order valence-electron chi connectivity index (χ3n) is 2.12. The first-order valence-electron chi connectivity index (χ1n) is 4.75. The summed E-state index contributed by atoms with van der Waals surface area (Å²) in [6, 6.07) is 1.95. The number of amidine groups is 1. The molecule has 1 unspecified atom stereocenters. The van der Waals surface area contributed by atoms with Crippen LogP contribution in [0.1, 0.15) is 13.3 Å². The lowest BCUT2D eigenvalue weighted by Gasteiger charge is -2.03. The molecule has 1 N–H and O–H groups in total. The molecule has 76 valence electrons. The summed E-state index contributed by atoms with van der Waals surface area (Å²) < 4.78 is 1.78. The Morgan fingerprint density at radius 1 is 1.71 bits per heavy atom. The first-order valence-corrected chi connectivity index (χ1v) is 5.63. The molecule has 0 saturated heterocycles. The van der Waals surface area contributed by atoms with Gasteiger partial charge in [0.25, 0.3) is 0 Å². The van der Waals surface area contributed by atoms with E-state index in [0.29, 0.717) is 5.25 Å². The van der Waals surface area contributed by atoms with E-state index in [0.717, 1.165) is 17.5 Å². The Kier molecular flexibility index (Phi) is 2.77. The average molecular weight is 210 g/mol. The van der Waals surface area contributed by atoms with Crippen molar-refractivity contribution >= 4 is 22.7 Å². The van der Waals surface area contributed by atoms with E-state index in [2.05, 4.69) is 22.3 Å². The molecule has 2 rings (SSSR count). The van der Waals surface area contributed by atoms with E-state index in [1.807, 2.05) is 19.3 Å². The molecule has 1 aromatic rings. The number of aryl methyl sites for hydroxylation is 1. The molecule has 14 heavy (non-hydrogen) atoms. The van der Waals surface area contributed by atoms with Gasteiger partial charge in [-0.15, -0.1) is 0 Å². The van der Waals surface area contributed by atoms with Crippen LogP contribution in [-0.4, -0.2) is 26.7 Å². The van der Waals surface area contributed by atoms with Crippen LogP contribution in [0.25, 0.3) is 0 Å². The molecule has 0 aliphatic carbocycles. The van der Waals surface area contributed by atoms with Crippen LogP contribution < -0.4 is 5.32 Å². The van der Waals surface area contributed by atoms with Gasteiger partial charge in [0.2, 0.25) is 0 Å². The molecule has 0 radical (unpaired) electrons. The van der Waals surface area contributed by atoms with Crippen LogP contribution in [0.5, 0.6) is 0 Å². The second kappa shape index (κ2) is 4.04. The summed E-state index contributed by atoms with van der Waals surface area (Å²) in [6.45, 7) is 3.12. The number of anilines is 1. The fourth-order valence-corrected chi connectivity index (χ4v) is 2.23. The van der Waals surface area contributed by atoms with Crippen molar-refractivity contribution in [1.82, 2.24) is 9.78 Å². The molecule has 0 fully saturated rings. The zero-order valence-corrected chi connectivity index (χ0v) is 9.21. The maximum absolute atomic E-state index is 4.41. The van der Waals surface area contributed by atoms with Crippen molar-refractivity contribution in [2.45, 2.75) is 18.6 Å². The van der Waals surface area contributed by atoms with Crippen LogP contribution >= 0.6 is 11.8 Å². The fourth-order valence-electron chi connectivity index (χ4n) is 1.29. The van der Waals surface area contributed by atoms with Crippen molar-refractivity contribution < 1.29 is 0 Å². The number of nitrogens with one attached hydrogen (secondary N) is 1. The SMILES string of the molecule is CCC1CN=C(Nc2ccn(C)n2)S1. The van der Waals surface area contributed by atoms with Crippen molar-refractivity contribution in [2.75, 3.05) is 11.9 Å². The van der Waals surface area contributed by atoms with Gasteiger partial charge in [0.1, 0.15) is 0 Å². The van der Waals surface area contributed by atoms with Gasteiger partial charge in [-0.2, -0.15) is 5.10 Å². The number of rotatable bonds is 2. The summed E-state index contributed by atoms with van der Waals surface area (Å²) in [4.78, 5) is 4.41. The number of thioether (sulfide) groups is 1. The smallest absolute Gasteiger partial charge is 0.162 e. The van der Waals surface area contributed by atoms with E-state index in [1.54, 1.807) is 16.4 Å². The minimum absolute atomic E-state index is 0.640. The molecule has 1 aliphatic heterocycles.